The zero-order chi connectivity index (χ0) is 14.7. The average molecular weight is 397 g/mol. The van der Waals surface area contributed by atoms with E-state index >= 15 is 0 Å². The molecular weight excluding hydrogens is 389 g/mol. The van der Waals surface area contributed by atoms with Crippen molar-refractivity contribution in [3.05, 3.63) is 68.4 Å². The third-order valence-electron chi connectivity index (χ3n) is 2.80. The highest BCUT2D eigenvalue weighted by Crippen LogP contribution is 2.30. The Kier molecular flexibility index (Phi) is 4.69. The molecule has 0 saturated heterocycles. The first-order chi connectivity index (χ1) is 9.54. The van der Waals surface area contributed by atoms with Crippen molar-refractivity contribution in [3.8, 4) is 6.07 Å². The molecule has 0 aliphatic carbocycles. The Hall–Kier alpha value is -1.51. The lowest BCUT2D eigenvalue weighted by Gasteiger charge is -2.11. The second-order valence-corrected chi connectivity index (χ2v) is 5.78. The molecule has 0 aliphatic heterocycles. The molecule has 2 rings (SSSR count). The first-order valence-electron chi connectivity index (χ1n) is 5.68. The van der Waals surface area contributed by atoms with Crippen molar-refractivity contribution >= 4 is 37.6 Å². The second-order valence-electron chi connectivity index (χ2n) is 4.07. The van der Waals surface area contributed by atoms with E-state index in [9.17, 15) is 14.4 Å². The Morgan fingerprint density at radius 3 is 2.50 bits per heavy atom. The minimum Gasteiger partial charge on any atom is -0.292 e. The Balaban J connectivity index is 2.48. The summed E-state index contributed by atoms with van der Waals surface area (Å²) in [5.74, 6) is -1.94. The maximum Gasteiger partial charge on any atom is 0.185 e. The van der Waals surface area contributed by atoms with Gasteiger partial charge in [-0.3, -0.25) is 4.79 Å². The highest BCUT2D eigenvalue weighted by molar-refractivity contribution is 9.10. The monoisotopic (exact) mass is 395 g/mol. The minimum absolute atomic E-state index is 0.160. The Labute approximate surface area is 132 Å². The van der Waals surface area contributed by atoms with Crippen molar-refractivity contribution in [1.82, 2.24) is 0 Å². The number of carbonyl (C=O) groups excluding carboxylic acids is 1. The summed E-state index contributed by atoms with van der Waals surface area (Å²) in [5.41, 5.74) is 0.725. The van der Waals surface area contributed by atoms with Gasteiger partial charge in [0.1, 0.15) is 11.7 Å². The molecule has 0 saturated carbocycles. The lowest BCUT2D eigenvalue weighted by atomic mass is 9.92. The van der Waals surface area contributed by atoms with E-state index in [0.717, 1.165) is 6.07 Å². The van der Waals surface area contributed by atoms with Gasteiger partial charge in [-0.05, 0) is 29.8 Å². The molecule has 1 atom stereocenters. The minimum atomic E-state index is -0.983. The Morgan fingerprint density at radius 2 is 1.85 bits per heavy atom. The number of ketones is 1. The van der Waals surface area contributed by atoms with Crippen LogP contribution in [0.25, 0.3) is 0 Å². The quantitative estimate of drug-likeness (QED) is 0.696. The Morgan fingerprint density at radius 1 is 1.15 bits per heavy atom. The van der Waals surface area contributed by atoms with E-state index in [2.05, 4.69) is 31.9 Å². The SMILES string of the molecule is N#CC(C(=O)c1cc(F)ccc1Br)c1ccccc1Br. The van der Waals surface area contributed by atoms with Crippen LogP contribution in [0.15, 0.2) is 51.4 Å². The fraction of sp³-hybridized carbons (Fsp3) is 0.0667. The number of halogens is 3. The van der Waals surface area contributed by atoms with Crippen LogP contribution in [0, 0.1) is 17.1 Å². The summed E-state index contributed by atoms with van der Waals surface area (Å²) in [7, 11) is 0. The van der Waals surface area contributed by atoms with Crippen molar-refractivity contribution < 1.29 is 9.18 Å². The van der Waals surface area contributed by atoms with Crippen LogP contribution in [-0.4, -0.2) is 5.78 Å². The van der Waals surface area contributed by atoms with Crippen molar-refractivity contribution in [2.45, 2.75) is 5.92 Å². The molecule has 0 bridgehead atoms. The molecule has 0 spiro atoms. The fourth-order valence-corrected chi connectivity index (χ4v) is 2.78. The van der Waals surface area contributed by atoms with Crippen LogP contribution >= 0.6 is 31.9 Å². The maximum atomic E-state index is 13.3. The zero-order valence-corrected chi connectivity index (χ0v) is 13.3. The van der Waals surface area contributed by atoms with E-state index in [1.54, 1.807) is 24.3 Å². The van der Waals surface area contributed by atoms with E-state index in [4.69, 9.17) is 0 Å². The van der Waals surface area contributed by atoms with Gasteiger partial charge in [-0.15, -0.1) is 0 Å². The third kappa shape index (κ3) is 2.97. The number of carbonyl (C=O) groups is 1. The molecule has 100 valence electrons. The van der Waals surface area contributed by atoms with E-state index in [1.165, 1.54) is 12.1 Å². The van der Waals surface area contributed by atoms with Gasteiger partial charge in [-0.2, -0.15) is 5.26 Å². The van der Waals surface area contributed by atoms with Gasteiger partial charge in [0, 0.05) is 14.5 Å². The van der Waals surface area contributed by atoms with Crippen LogP contribution in [0.1, 0.15) is 21.8 Å². The number of Topliss-reactive ketones (excluding diaryl/α,β-unsaturated/α-hetero) is 1. The molecule has 0 amide bonds. The van der Waals surface area contributed by atoms with Crippen LogP contribution in [0.4, 0.5) is 4.39 Å². The first-order valence-corrected chi connectivity index (χ1v) is 7.26. The molecule has 0 fully saturated rings. The number of nitriles is 1. The number of rotatable bonds is 3. The topological polar surface area (TPSA) is 40.9 Å². The summed E-state index contributed by atoms with van der Waals surface area (Å²) in [6, 6.07) is 12.8. The van der Waals surface area contributed by atoms with Gasteiger partial charge in [0.25, 0.3) is 0 Å². The number of hydrogen-bond donors (Lipinski definition) is 0. The maximum absolute atomic E-state index is 13.3. The van der Waals surface area contributed by atoms with E-state index < -0.39 is 17.5 Å². The van der Waals surface area contributed by atoms with Crippen molar-refractivity contribution in [3.63, 3.8) is 0 Å². The molecule has 2 aromatic carbocycles. The lowest BCUT2D eigenvalue weighted by Crippen LogP contribution is -2.12. The van der Waals surface area contributed by atoms with E-state index in [0.29, 0.717) is 14.5 Å². The second kappa shape index (κ2) is 6.29. The smallest absolute Gasteiger partial charge is 0.185 e. The molecule has 2 nitrogen and oxygen atoms in total. The summed E-state index contributed by atoms with van der Waals surface area (Å²) < 4.78 is 14.4. The molecule has 5 heteroatoms. The summed E-state index contributed by atoms with van der Waals surface area (Å²) in [4.78, 5) is 12.5. The van der Waals surface area contributed by atoms with Crippen LogP contribution < -0.4 is 0 Å². The summed E-state index contributed by atoms with van der Waals surface area (Å²) in [6.45, 7) is 0. The first kappa shape index (κ1) is 14.9. The van der Waals surface area contributed by atoms with Crippen LogP contribution in [0.3, 0.4) is 0 Å². The van der Waals surface area contributed by atoms with Gasteiger partial charge < -0.3 is 0 Å². The van der Waals surface area contributed by atoms with Gasteiger partial charge in [-0.1, -0.05) is 50.1 Å². The van der Waals surface area contributed by atoms with Crippen molar-refractivity contribution in [2.75, 3.05) is 0 Å². The van der Waals surface area contributed by atoms with Crippen LogP contribution in [0.2, 0.25) is 0 Å². The molecular formula is C15H8Br2FNO. The lowest BCUT2D eigenvalue weighted by molar-refractivity contribution is 0.0977. The van der Waals surface area contributed by atoms with Gasteiger partial charge in [0.2, 0.25) is 0 Å². The average Bonchev–Trinajstić information content (AvgIpc) is 2.44. The predicted molar refractivity (Wildman–Crippen MR) is 80.9 cm³/mol. The molecule has 0 N–H and O–H groups in total. The van der Waals surface area contributed by atoms with Crippen molar-refractivity contribution in [1.29, 1.82) is 5.26 Å². The van der Waals surface area contributed by atoms with E-state index in [-0.39, 0.29) is 5.56 Å². The fourth-order valence-electron chi connectivity index (χ4n) is 1.82. The Bertz CT molecular complexity index is 709. The van der Waals surface area contributed by atoms with Gasteiger partial charge in [0.15, 0.2) is 5.78 Å². The normalized spacial score (nSPS) is 11.7. The van der Waals surface area contributed by atoms with Gasteiger partial charge >= 0.3 is 0 Å². The zero-order valence-electron chi connectivity index (χ0n) is 10.1. The summed E-state index contributed by atoms with van der Waals surface area (Å²) in [6.07, 6.45) is 0. The summed E-state index contributed by atoms with van der Waals surface area (Å²) >= 11 is 6.53. The summed E-state index contributed by atoms with van der Waals surface area (Å²) in [5, 5.41) is 9.30. The largest absolute Gasteiger partial charge is 0.292 e. The molecule has 0 heterocycles. The highest BCUT2D eigenvalue weighted by Gasteiger charge is 2.25. The molecule has 0 aromatic heterocycles. The standard InChI is InChI=1S/C15H8Br2FNO/c16-13-4-2-1-3-10(13)12(8-19)15(20)11-7-9(18)5-6-14(11)17/h1-7,12H. The highest BCUT2D eigenvalue weighted by atomic mass is 79.9. The molecule has 1 unspecified atom stereocenters. The number of hydrogen-bond acceptors (Lipinski definition) is 2. The molecule has 2 aromatic rings. The van der Waals surface area contributed by atoms with Gasteiger partial charge in [-0.25, -0.2) is 4.39 Å². The molecule has 20 heavy (non-hydrogen) atoms. The van der Waals surface area contributed by atoms with Crippen LogP contribution in [0.5, 0.6) is 0 Å². The molecule has 0 radical (unpaired) electrons. The van der Waals surface area contributed by atoms with Crippen molar-refractivity contribution in [2.24, 2.45) is 0 Å². The van der Waals surface area contributed by atoms with Gasteiger partial charge in [0.05, 0.1) is 6.07 Å². The number of nitrogens with zero attached hydrogens (tertiary/aromatic N) is 1. The van der Waals surface area contributed by atoms with E-state index in [1.807, 2.05) is 6.07 Å². The predicted octanol–water partition coefficient (Wildman–Crippen LogP) is 4.84. The third-order valence-corrected chi connectivity index (χ3v) is 4.22. The number of benzene rings is 2. The van der Waals surface area contributed by atoms with Crippen LogP contribution in [-0.2, 0) is 0 Å². The molecule has 0 aliphatic rings.